The highest BCUT2D eigenvalue weighted by Gasteiger charge is 2.06. The molecule has 0 amide bonds. The van der Waals surface area contributed by atoms with E-state index in [0.717, 1.165) is 6.42 Å². The van der Waals surface area contributed by atoms with E-state index in [2.05, 4.69) is 61.3 Å². The molecule has 2 N–H and O–H groups in total. The molecule has 2 heteroatoms. The van der Waals surface area contributed by atoms with Gasteiger partial charge < -0.3 is 10.6 Å². The lowest BCUT2D eigenvalue weighted by Crippen LogP contribution is -2.11. The van der Waals surface area contributed by atoms with Crippen molar-refractivity contribution in [2.75, 3.05) is 18.5 Å². The molecule has 0 fully saturated rings. The van der Waals surface area contributed by atoms with E-state index in [0.29, 0.717) is 6.54 Å². The van der Waals surface area contributed by atoms with Crippen LogP contribution in [-0.2, 0) is 6.42 Å². The average molecular weight is 240 g/mol. The van der Waals surface area contributed by atoms with E-state index >= 15 is 0 Å². The van der Waals surface area contributed by atoms with E-state index in [-0.39, 0.29) is 0 Å². The molecule has 2 aromatic carbocycles. The van der Waals surface area contributed by atoms with Crippen molar-refractivity contribution in [2.45, 2.75) is 13.3 Å². The summed E-state index contributed by atoms with van der Waals surface area (Å²) in [5, 5.41) is 0. The molecule has 0 aliphatic carbocycles. The van der Waals surface area contributed by atoms with Gasteiger partial charge in [-0.2, -0.15) is 0 Å². The SMILES string of the molecule is Cc1cc(CCN)ccc1N(C)c1ccccc1. The first-order valence-corrected chi connectivity index (χ1v) is 6.30. The number of para-hydroxylation sites is 1. The number of benzene rings is 2. The Bertz CT molecular complexity index is 506. The van der Waals surface area contributed by atoms with Crippen molar-refractivity contribution in [3.8, 4) is 0 Å². The highest BCUT2D eigenvalue weighted by molar-refractivity contribution is 5.65. The minimum atomic E-state index is 0.702. The maximum atomic E-state index is 5.59. The fraction of sp³-hybridized carbons (Fsp3) is 0.250. The minimum absolute atomic E-state index is 0.702. The van der Waals surface area contributed by atoms with Crippen molar-refractivity contribution < 1.29 is 0 Å². The maximum absolute atomic E-state index is 5.59. The van der Waals surface area contributed by atoms with Gasteiger partial charge in [0.05, 0.1) is 0 Å². The average Bonchev–Trinajstić information content (AvgIpc) is 2.40. The van der Waals surface area contributed by atoms with E-state index < -0.39 is 0 Å². The minimum Gasteiger partial charge on any atom is -0.344 e. The molecular formula is C16H20N2. The van der Waals surface area contributed by atoms with Gasteiger partial charge in [0.15, 0.2) is 0 Å². The van der Waals surface area contributed by atoms with Gasteiger partial charge in [0.1, 0.15) is 0 Å². The fourth-order valence-corrected chi connectivity index (χ4v) is 2.21. The summed E-state index contributed by atoms with van der Waals surface area (Å²) in [7, 11) is 2.10. The third kappa shape index (κ3) is 2.71. The monoisotopic (exact) mass is 240 g/mol. The largest absolute Gasteiger partial charge is 0.344 e. The van der Waals surface area contributed by atoms with Crippen LogP contribution in [0.15, 0.2) is 48.5 Å². The van der Waals surface area contributed by atoms with Crippen LogP contribution in [0.1, 0.15) is 11.1 Å². The number of nitrogens with zero attached hydrogens (tertiary/aromatic N) is 1. The van der Waals surface area contributed by atoms with E-state index in [1.165, 1.54) is 22.5 Å². The normalized spacial score (nSPS) is 10.4. The van der Waals surface area contributed by atoms with E-state index in [4.69, 9.17) is 5.73 Å². The quantitative estimate of drug-likeness (QED) is 0.888. The zero-order valence-corrected chi connectivity index (χ0v) is 11.1. The van der Waals surface area contributed by atoms with Gasteiger partial charge in [0.25, 0.3) is 0 Å². The Morgan fingerprint density at radius 3 is 2.39 bits per heavy atom. The van der Waals surface area contributed by atoms with Gasteiger partial charge in [-0.1, -0.05) is 30.3 Å². The molecule has 18 heavy (non-hydrogen) atoms. The first-order chi connectivity index (χ1) is 8.72. The second-order valence-electron chi connectivity index (χ2n) is 4.55. The number of hydrogen-bond acceptors (Lipinski definition) is 2. The lowest BCUT2D eigenvalue weighted by Gasteiger charge is -2.22. The molecule has 0 aromatic heterocycles. The summed E-state index contributed by atoms with van der Waals surface area (Å²) >= 11 is 0. The fourth-order valence-electron chi connectivity index (χ4n) is 2.21. The predicted molar refractivity (Wildman–Crippen MR) is 78.4 cm³/mol. The molecule has 94 valence electrons. The van der Waals surface area contributed by atoms with Gasteiger partial charge in [-0.15, -0.1) is 0 Å². The lowest BCUT2D eigenvalue weighted by molar-refractivity contribution is 0.965. The second kappa shape index (κ2) is 5.69. The van der Waals surface area contributed by atoms with Gasteiger partial charge >= 0.3 is 0 Å². The number of aryl methyl sites for hydroxylation is 1. The van der Waals surface area contributed by atoms with Crippen LogP contribution < -0.4 is 10.6 Å². The zero-order chi connectivity index (χ0) is 13.0. The highest BCUT2D eigenvalue weighted by Crippen LogP contribution is 2.27. The molecule has 0 heterocycles. The van der Waals surface area contributed by atoms with Gasteiger partial charge in [-0.3, -0.25) is 0 Å². The van der Waals surface area contributed by atoms with Crippen molar-refractivity contribution in [3.05, 3.63) is 59.7 Å². The summed E-state index contributed by atoms with van der Waals surface area (Å²) in [4.78, 5) is 2.21. The summed E-state index contributed by atoms with van der Waals surface area (Å²) in [6, 6.07) is 17.0. The van der Waals surface area contributed by atoms with Gasteiger partial charge in [-0.25, -0.2) is 0 Å². The first-order valence-electron chi connectivity index (χ1n) is 6.30. The molecular weight excluding hydrogens is 220 g/mol. The Balaban J connectivity index is 2.28. The van der Waals surface area contributed by atoms with Crippen LogP contribution in [0, 0.1) is 6.92 Å². The number of nitrogens with two attached hydrogens (primary N) is 1. The summed E-state index contributed by atoms with van der Waals surface area (Å²) in [5.41, 5.74) is 10.6. The lowest BCUT2D eigenvalue weighted by atomic mass is 10.1. The van der Waals surface area contributed by atoms with Gasteiger partial charge in [0, 0.05) is 18.4 Å². The Morgan fingerprint density at radius 1 is 1.06 bits per heavy atom. The summed E-state index contributed by atoms with van der Waals surface area (Å²) in [6.07, 6.45) is 0.941. The Labute approximate surface area is 109 Å². The van der Waals surface area contributed by atoms with Crippen molar-refractivity contribution in [1.82, 2.24) is 0 Å². The summed E-state index contributed by atoms with van der Waals surface area (Å²) in [5.74, 6) is 0. The Kier molecular flexibility index (Phi) is 4.00. The third-order valence-corrected chi connectivity index (χ3v) is 3.20. The van der Waals surface area contributed by atoms with E-state index in [9.17, 15) is 0 Å². The molecule has 0 bridgehead atoms. The van der Waals surface area contributed by atoms with Crippen LogP contribution >= 0.6 is 0 Å². The third-order valence-electron chi connectivity index (χ3n) is 3.20. The smallest absolute Gasteiger partial charge is 0.0437 e. The van der Waals surface area contributed by atoms with Crippen molar-refractivity contribution in [3.63, 3.8) is 0 Å². The molecule has 0 spiro atoms. The van der Waals surface area contributed by atoms with Crippen LogP contribution in [0.4, 0.5) is 11.4 Å². The van der Waals surface area contributed by atoms with Crippen LogP contribution in [0.25, 0.3) is 0 Å². The van der Waals surface area contributed by atoms with E-state index in [1.54, 1.807) is 0 Å². The predicted octanol–water partition coefficient (Wildman–Crippen LogP) is 3.26. The molecule has 2 rings (SSSR count). The van der Waals surface area contributed by atoms with Crippen molar-refractivity contribution in [2.24, 2.45) is 5.73 Å². The molecule has 0 saturated heterocycles. The molecule has 0 aliphatic heterocycles. The number of hydrogen-bond donors (Lipinski definition) is 1. The Hall–Kier alpha value is -1.80. The molecule has 0 radical (unpaired) electrons. The molecule has 2 aromatic rings. The van der Waals surface area contributed by atoms with Gasteiger partial charge in [0.2, 0.25) is 0 Å². The molecule has 0 unspecified atom stereocenters. The highest BCUT2D eigenvalue weighted by atomic mass is 15.1. The molecule has 2 nitrogen and oxygen atoms in total. The van der Waals surface area contributed by atoms with Crippen LogP contribution in [0.2, 0.25) is 0 Å². The first kappa shape index (κ1) is 12.7. The molecule has 0 atom stereocenters. The second-order valence-corrected chi connectivity index (χ2v) is 4.55. The molecule has 0 aliphatic rings. The van der Waals surface area contributed by atoms with Crippen molar-refractivity contribution in [1.29, 1.82) is 0 Å². The zero-order valence-electron chi connectivity index (χ0n) is 11.1. The van der Waals surface area contributed by atoms with Crippen molar-refractivity contribution >= 4 is 11.4 Å². The van der Waals surface area contributed by atoms with Crippen LogP contribution in [0.3, 0.4) is 0 Å². The van der Waals surface area contributed by atoms with Gasteiger partial charge in [-0.05, 0) is 49.2 Å². The maximum Gasteiger partial charge on any atom is 0.0437 e. The van der Waals surface area contributed by atoms with Crippen LogP contribution in [0.5, 0.6) is 0 Å². The summed E-state index contributed by atoms with van der Waals surface area (Å²) < 4.78 is 0. The number of rotatable bonds is 4. The number of anilines is 2. The summed E-state index contributed by atoms with van der Waals surface area (Å²) in [6.45, 7) is 2.85. The standard InChI is InChI=1S/C16H20N2/c1-13-12-14(10-11-17)8-9-16(13)18(2)15-6-4-3-5-7-15/h3-9,12H,10-11,17H2,1-2H3. The topological polar surface area (TPSA) is 29.3 Å². The van der Waals surface area contributed by atoms with E-state index in [1.807, 2.05) is 6.07 Å². The van der Waals surface area contributed by atoms with Crippen LogP contribution in [-0.4, -0.2) is 13.6 Å². The molecule has 0 saturated carbocycles. The Morgan fingerprint density at radius 2 is 1.78 bits per heavy atom.